The van der Waals surface area contributed by atoms with Crippen LogP contribution in [0.1, 0.15) is 5.56 Å². The van der Waals surface area contributed by atoms with Crippen molar-refractivity contribution >= 4 is 0 Å². The Morgan fingerprint density at radius 2 is 1.29 bits per heavy atom. The summed E-state index contributed by atoms with van der Waals surface area (Å²) in [6.07, 6.45) is 0. The van der Waals surface area contributed by atoms with Crippen LogP contribution in [0.25, 0.3) is 22.5 Å². The van der Waals surface area contributed by atoms with Crippen LogP contribution >= 0.6 is 0 Å². The van der Waals surface area contributed by atoms with Crippen LogP contribution in [-0.2, 0) is 7.05 Å². The van der Waals surface area contributed by atoms with Crippen LogP contribution in [0.15, 0.2) is 48.5 Å². The van der Waals surface area contributed by atoms with Gasteiger partial charge in [0.1, 0.15) is 11.6 Å². The van der Waals surface area contributed by atoms with E-state index in [9.17, 15) is 8.78 Å². The standard InChI is InChI=1S/C17H14F2N2/c1-11-16(12-3-7-14(18)8-4-12)20-21(2)17(11)13-5-9-15(19)10-6-13/h3-10H,1-2H3. The number of nitrogens with zero attached hydrogens (tertiary/aromatic N) is 2. The summed E-state index contributed by atoms with van der Waals surface area (Å²) < 4.78 is 27.8. The lowest BCUT2D eigenvalue weighted by Crippen LogP contribution is -1.94. The summed E-state index contributed by atoms with van der Waals surface area (Å²) in [6, 6.07) is 12.6. The molecule has 0 saturated carbocycles. The van der Waals surface area contributed by atoms with E-state index in [1.165, 1.54) is 24.3 Å². The van der Waals surface area contributed by atoms with Crippen LogP contribution in [0.3, 0.4) is 0 Å². The molecule has 21 heavy (non-hydrogen) atoms. The Bertz CT molecular complexity index is 772. The van der Waals surface area contributed by atoms with Crippen LogP contribution in [0.5, 0.6) is 0 Å². The minimum Gasteiger partial charge on any atom is -0.267 e. The highest BCUT2D eigenvalue weighted by molar-refractivity contribution is 5.74. The number of hydrogen-bond acceptors (Lipinski definition) is 1. The van der Waals surface area contributed by atoms with Crippen molar-refractivity contribution in [2.24, 2.45) is 7.05 Å². The molecule has 106 valence electrons. The Morgan fingerprint density at radius 3 is 1.81 bits per heavy atom. The number of rotatable bonds is 2. The number of benzene rings is 2. The normalized spacial score (nSPS) is 10.9. The van der Waals surface area contributed by atoms with Crippen LogP contribution in [0.2, 0.25) is 0 Å². The summed E-state index contributed by atoms with van der Waals surface area (Å²) in [5, 5.41) is 4.51. The van der Waals surface area contributed by atoms with Crippen LogP contribution in [0.4, 0.5) is 8.78 Å². The quantitative estimate of drug-likeness (QED) is 0.684. The largest absolute Gasteiger partial charge is 0.267 e. The molecule has 0 aliphatic rings. The number of aryl methyl sites for hydroxylation is 1. The van der Waals surface area contributed by atoms with E-state index in [1.807, 2.05) is 14.0 Å². The van der Waals surface area contributed by atoms with E-state index < -0.39 is 0 Å². The third kappa shape index (κ3) is 2.44. The topological polar surface area (TPSA) is 17.8 Å². The van der Waals surface area contributed by atoms with E-state index in [1.54, 1.807) is 28.9 Å². The SMILES string of the molecule is Cc1c(-c2ccc(F)cc2)nn(C)c1-c1ccc(F)cc1. The van der Waals surface area contributed by atoms with Crippen molar-refractivity contribution in [1.29, 1.82) is 0 Å². The summed E-state index contributed by atoms with van der Waals surface area (Å²) in [7, 11) is 1.85. The molecule has 2 aromatic carbocycles. The molecular formula is C17H14F2N2. The van der Waals surface area contributed by atoms with Gasteiger partial charge in [0.2, 0.25) is 0 Å². The fourth-order valence-corrected chi connectivity index (χ4v) is 2.52. The average molecular weight is 284 g/mol. The second-order valence-electron chi connectivity index (χ2n) is 4.96. The van der Waals surface area contributed by atoms with Crippen molar-refractivity contribution in [3.05, 3.63) is 65.7 Å². The molecule has 0 aliphatic carbocycles. The van der Waals surface area contributed by atoms with Crippen LogP contribution in [-0.4, -0.2) is 9.78 Å². The van der Waals surface area contributed by atoms with Gasteiger partial charge in [0.25, 0.3) is 0 Å². The molecule has 4 heteroatoms. The van der Waals surface area contributed by atoms with E-state index >= 15 is 0 Å². The van der Waals surface area contributed by atoms with Crippen molar-refractivity contribution in [3.63, 3.8) is 0 Å². The van der Waals surface area contributed by atoms with Gasteiger partial charge in [-0.1, -0.05) is 0 Å². The molecule has 0 saturated heterocycles. The molecule has 0 unspecified atom stereocenters. The molecule has 0 bridgehead atoms. The van der Waals surface area contributed by atoms with Crippen molar-refractivity contribution in [3.8, 4) is 22.5 Å². The lowest BCUT2D eigenvalue weighted by molar-refractivity contribution is 0.627. The molecule has 1 heterocycles. The first kappa shape index (κ1) is 13.5. The Hall–Kier alpha value is -2.49. The monoisotopic (exact) mass is 284 g/mol. The van der Waals surface area contributed by atoms with Gasteiger partial charge in [-0.3, -0.25) is 4.68 Å². The second kappa shape index (κ2) is 5.13. The Balaban J connectivity index is 2.12. The molecule has 0 N–H and O–H groups in total. The summed E-state index contributed by atoms with van der Waals surface area (Å²) in [5.41, 5.74) is 4.47. The second-order valence-corrected chi connectivity index (χ2v) is 4.96. The van der Waals surface area contributed by atoms with Gasteiger partial charge in [0.05, 0.1) is 11.4 Å². The number of aromatic nitrogens is 2. The molecule has 1 aromatic heterocycles. The molecule has 0 fully saturated rings. The van der Waals surface area contributed by atoms with E-state index in [0.717, 1.165) is 28.1 Å². The van der Waals surface area contributed by atoms with Crippen molar-refractivity contribution in [2.75, 3.05) is 0 Å². The zero-order valence-corrected chi connectivity index (χ0v) is 11.8. The van der Waals surface area contributed by atoms with E-state index in [-0.39, 0.29) is 11.6 Å². The number of hydrogen-bond donors (Lipinski definition) is 0. The predicted octanol–water partition coefficient (Wildman–Crippen LogP) is 4.34. The maximum absolute atomic E-state index is 13.1. The highest BCUT2D eigenvalue weighted by Crippen LogP contribution is 2.31. The van der Waals surface area contributed by atoms with Crippen LogP contribution in [0, 0.1) is 18.6 Å². The minimum atomic E-state index is -0.272. The third-order valence-electron chi connectivity index (χ3n) is 3.52. The lowest BCUT2D eigenvalue weighted by atomic mass is 10.0. The summed E-state index contributed by atoms with van der Waals surface area (Å²) >= 11 is 0. The molecule has 0 spiro atoms. The van der Waals surface area contributed by atoms with E-state index in [4.69, 9.17) is 0 Å². The summed E-state index contributed by atoms with van der Waals surface area (Å²) in [6.45, 7) is 1.96. The van der Waals surface area contributed by atoms with Gasteiger partial charge in [-0.25, -0.2) is 8.78 Å². The smallest absolute Gasteiger partial charge is 0.123 e. The lowest BCUT2D eigenvalue weighted by Gasteiger charge is -2.04. The zero-order chi connectivity index (χ0) is 15.0. The Labute approximate surface area is 121 Å². The molecule has 0 radical (unpaired) electrons. The maximum Gasteiger partial charge on any atom is 0.123 e. The van der Waals surface area contributed by atoms with Gasteiger partial charge in [-0.2, -0.15) is 5.10 Å². The molecule has 0 atom stereocenters. The fourth-order valence-electron chi connectivity index (χ4n) is 2.52. The highest BCUT2D eigenvalue weighted by Gasteiger charge is 2.15. The van der Waals surface area contributed by atoms with E-state index in [2.05, 4.69) is 5.10 Å². The van der Waals surface area contributed by atoms with E-state index in [0.29, 0.717) is 0 Å². The van der Waals surface area contributed by atoms with Gasteiger partial charge in [0, 0.05) is 23.7 Å². The van der Waals surface area contributed by atoms with Crippen molar-refractivity contribution in [1.82, 2.24) is 9.78 Å². The zero-order valence-electron chi connectivity index (χ0n) is 11.8. The van der Waals surface area contributed by atoms with Gasteiger partial charge in [-0.15, -0.1) is 0 Å². The predicted molar refractivity (Wildman–Crippen MR) is 78.7 cm³/mol. The average Bonchev–Trinajstić information content (AvgIpc) is 2.76. The maximum atomic E-state index is 13.1. The summed E-state index contributed by atoms with van der Waals surface area (Å²) in [5.74, 6) is -0.538. The van der Waals surface area contributed by atoms with Gasteiger partial charge in [0.15, 0.2) is 0 Å². The van der Waals surface area contributed by atoms with Gasteiger partial charge < -0.3 is 0 Å². The molecule has 3 aromatic rings. The molecule has 0 aliphatic heterocycles. The first-order chi connectivity index (χ1) is 10.1. The first-order valence-electron chi connectivity index (χ1n) is 6.62. The van der Waals surface area contributed by atoms with Gasteiger partial charge in [-0.05, 0) is 55.5 Å². The number of halogens is 2. The summed E-state index contributed by atoms with van der Waals surface area (Å²) in [4.78, 5) is 0. The molecule has 2 nitrogen and oxygen atoms in total. The Kier molecular flexibility index (Phi) is 3.29. The van der Waals surface area contributed by atoms with Crippen molar-refractivity contribution in [2.45, 2.75) is 6.92 Å². The molecule has 3 rings (SSSR count). The molecular weight excluding hydrogens is 270 g/mol. The van der Waals surface area contributed by atoms with Gasteiger partial charge >= 0.3 is 0 Å². The minimum absolute atomic E-state index is 0.266. The fraction of sp³-hybridized carbons (Fsp3) is 0.118. The third-order valence-corrected chi connectivity index (χ3v) is 3.52. The van der Waals surface area contributed by atoms with Crippen molar-refractivity contribution < 1.29 is 8.78 Å². The van der Waals surface area contributed by atoms with Crippen LogP contribution < -0.4 is 0 Å². The Morgan fingerprint density at radius 1 is 0.810 bits per heavy atom. The first-order valence-corrected chi connectivity index (χ1v) is 6.62. The molecule has 0 amide bonds. The highest BCUT2D eigenvalue weighted by atomic mass is 19.1.